The van der Waals surface area contributed by atoms with Crippen LogP contribution in [0, 0.1) is 0 Å². The Morgan fingerprint density at radius 3 is 0.889 bits per heavy atom. The fraction of sp³-hybridized carbons (Fsp3) is 0.111. The van der Waals surface area contributed by atoms with Crippen LogP contribution in [-0.4, -0.2) is 78.8 Å². The average Bonchev–Trinajstić information content (AvgIpc) is 2.91. The zero-order valence-corrected chi connectivity index (χ0v) is 21.7. The number of rotatable bonds is 8. The van der Waals surface area contributed by atoms with Crippen LogP contribution >= 0.6 is 0 Å². The smallest absolute Gasteiger partial charge is 0.411 e. The van der Waals surface area contributed by atoms with E-state index in [0.29, 0.717) is 24.3 Å². The van der Waals surface area contributed by atoms with E-state index < -0.39 is 87.0 Å². The first kappa shape index (κ1) is 35.3. The van der Waals surface area contributed by atoms with E-state index in [1.165, 1.54) is 24.3 Å². The van der Waals surface area contributed by atoms with Crippen molar-refractivity contribution in [3.63, 3.8) is 0 Å². The summed E-state index contributed by atoms with van der Waals surface area (Å²) in [5.41, 5.74) is -16.8. The van der Waals surface area contributed by atoms with Gasteiger partial charge in [-0.25, -0.2) is 28.8 Å². The molecule has 3 rings (SSSR count). The monoisotopic (exact) mass is 646 g/mol. The molecule has 0 atom stereocenters. The lowest BCUT2D eigenvalue weighted by atomic mass is 9.68. The van der Waals surface area contributed by atoms with Gasteiger partial charge in [-0.2, -0.15) is 26.3 Å². The molecule has 0 aliphatic carbocycles. The lowest BCUT2D eigenvalue weighted by Crippen LogP contribution is -2.56. The summed E-state index contributed by atoms with van der Waals surface area (Å²) in [4.78, 5) is 67.0. The molecule has 0 saturated carbocycles. The van der Waals surface area contributed by atoms with Crippen molar-refractivity contribution in [2.24, 2.45) is 0 Å². The SMILES string of the molecule is O=C(O)c1cccc(C(c2cccc(C(=O)O)c2C(=O)O)(C(F)(F)F)C(F)(F)F)c1C(=O)O.O=C(O)c1ccccc1C(=O)O. The Morgan fingerprint density at radius 1 is 0.400 bits per heavy atom. The van der Waals surface area contributed by atoms with E-state index in [9.17, 15) is 65.3 Å². The van der Waals surface area contributed by atoms with Gasteiger partial charge in [0.2, 0.25) is 5.41 Å². The van der Waals surface area contributed by atoms with Gasteiger partial charge in [-0.3, -0.25) is 0 Å². The van der Waals surface area contributed by atoms with E-state index in [-0.39, 0.29) is 23.3 Å². The summed E-state index contributed by atoms with van der Waals surface area (Å²) in [5, 5.41) is 54.1. The van der Waals surface area contributed by atoms with E-state index >= 15 is 0 Å². The highest BCUT2D eigenvalue weighted by molar-refractivity contribution is 6.05. The molecule has 238 valence electrons. The highest BCUT2D eigenvalue weighted by atomic mass is 19.4. The quantitative estimate of drug-likeness (QED) is 0.178. The molecule has 0 bridgehead atoms. The first-order valence-electron chi connectivity index (χ1n) is 11.5. The second-order valence-electron chi connectivity index (χ2n) is 8.58. The molecule has 3 aromatic rings. The minimum Gasteiger partial charge on any atom is -0.478 e. The van der Waals surface area contributed by atoms with Crippen LogP contribution in [0.1, 0.15) is 73.3 Å². The average molecular weight is 646 g/mol. The molecule has 0 unspecified atom stereocenters. The normalized spacial score (nSPS) is 11.5. The van der Waals surface area contributed by atoms with Crippen molar-refractivity contribution < 1.29 is 85.7 Å². The fourth-order valence-electron chi connectivity index (χ4n) is 4.32. The molecule has 18 heteroatoms. The van der Waals surface area contributed by atoms with Gasteiger partial charge in [-0.15, -0.1) is 0 Å². The molecule has 0 radical (unpaired) electrons. The summed E-state index contributed by atoms with van der Waals surface area (Å²) >= 11 is 0. The molecule has 45 heavy (non-hydrogen) atoms. The topological polar surface area (TPSA) is 224 Å². The van der Waals surface area contributed by atoms with Gasteiger partial charge in [-0.05, 0) is 35.4 Å². The van der Waals surface area contributed by atoms with Gasteiger partial charge < -0.3 is 30.6 Å². The summed E-state index contributed by atoms with van der Waals surface area (Å²) in [7, 11) is 0. The molecule has 3 aromatic carbocycles. The molecule has 0 spiro atoms. The van der Waals surface area contributed by atoms with Gasteiger partial charge in [-0.1, -0.05) is 36.4 Å². The van der Waals surface area contributed by atoms with Crippen LogP contribution in [-0.2, 0) is 5.41 Å². The van der Waals surface area contributed by atoms with Gasteiger partial charge in [0.1, 0.15) is 0 Å². The maximum atomic E-state index is 14.4. The number of halogens is 6. The van der Waals surface area contributed by atoms with Crippen LogP contribution in [0.3, 0.4) is 0 Å². The van der Waals surface area contributed by atoms with E-state index in [1.807, 2.05) is 0 Å². The van der Waals surface area contributed by atoms with Crippen molar-refractivity contribution in [1.82, 2.24) is 0 Å². The van der Waals surface area contributed by atoms with E-state index in [0.717, 1.165) is 0 Å². The number of carboxylic acids is 6. The highest BCUT2D eigenvalue weighted by Gasteiger charge is 2.74. The van der Waals surface area contributed by atoms with Crippen molar-refractivity contribution in [1.29, 1.82) is 0 Å². The molecule has 0 aliphatic rings. The molecule has 0 aliphatic heterocycles. The summed E-state index contributed by atoms with van der Waals surface area (Å²) in [6.07, 6.45) is -13.0. The van der Waals surface area contributed by atoms with Gasteiger partial charge in [0.05, 0.1) is 33.4 Å². The number of alkyl halides is 6. The first-order valence-corrected chi connectivity index (χ1v) is 11.5. The Morgan fingerprint density at radius 2 is 0.667 bits per heavy atom. The van der Waals surface area contributed by atoms with Crippen molar-refractivity contribution in [2.75, 3.05) is 0 Å². The predicted molar refractivity (Wildman–Crippen MR) is 134 cm³/mol. The lowest BCUT2D eigenvalue weighted by molar-refractivity contribution is -0.288. The summed E-state index contributed by atoms with van der Waals surface area (Å²) in [5.74, 6) is -11.8. The van der Waals surface area contributed by atoms with Crippen molar-refractivity contribution in [3.8, 4) is 0 Å². The van der Waals surface area contributed by atoms with Crippen LogP contribution in [0.5, 0.6) is 0 Å². The zero-order chi connectivity index (χ0) is 34.7. The summed E-state index contributed by atoms with van der Waals surface area (Å²) in [6, 6.07) is 7.27. The number of aromatic carboxylic acids is 6. The third-order valence-electron chi connectivity index (χ3n) is 6.06. The Labute approximate surface area is 245 Å². The maximum absolute atomic E-state index is 14.4. The van der Waals surface area contributed by atoms with Gasteiger partial charge in [0.15, 0.2) is 0 Å². The predicted octanol–water partition coefficient (Wildman–Crippen LogP) is 4.97. The van der Waals surface area contributed by atoms with Gasteiger partial charge in [0.25, 0.3) is 0 Å². The first-order chi connectivity index (χ1) is 20.6. The van der Waals surface area contributed by atoms with Crippen molar-refractivity contribution in [2.45, 2.75) is 17.8 Å². The van der Waals surface area contributed by atoms with Crippen molar-refractivity contribution >= 4 is 35.8 Å². The van der Waals surface area contributed by atoms with Crippen LogP contribution in [0.4, 0.5) is 26.3 Å². The van der Waals surface area contributed by atoms with Gasteiger partial charge in [0, 0.05) is 0 Å². The fourth-order valence-corrected chi connectivity index (χ4v) is 4.32. The summed E-state index contributed by atoms with van der Waals surface area (Å²) < 4.78 is 86.4. The molecular formula is C27H16F6O12. The van der Waals surface area contributed by atoms with E-state index in [2.05, 4.69) is 0 Å². The van der Waals surface area contributed by atoms with E-state index in [4.69, 9.17) is 20.4 Å². The summed E-state index contributed by atoms with van der Waals surface area (Å²) in [6.45, 7) is 0. The molecule has 0 amide bonds. The molecule has 12 nitrogen and oxygen atoms in total. The largest absolute Gasteiger partial charge is 0.478 e. The maximum Gasteiger partial charge on any atom is 0.411 e. The molecule has 0 heterocycles. The standard InChI is InChI=1S/C19H10F6O8.C8H6O4/c20-18(21,22)17(19(23,24)25,9-5-1-3-7(13(26)27)11(9)15(30)31)10-6-2-4-8(14(28)29)12(10)16(32)33;9-7(10)5-3-1-2-4-6(5)8(11)12/h1-6H,(H,26,27)(H,28,29)(H,30,31)(H,32,33);1-4H,(H,9,10)(H,11,12). The Bertz CT molecular complexity index is 1580. The minimum absolute atomic E-state index is 0.0376. The Balaban J connectivity index is 0.000000490. The number of hydrogen-bond acceptors (Lipinski definition) is 6. The lowest BCUT2D eigenvalue weighted by Gasteiger charge is -2.40. The zero-order valence-electron chi connectivity index (χ0n) is 21.7. The second kappa shape index (κ2) is 12.7. The number of carboxylic acid groups (broad SMARTS) is 6. The Hall–Kier alpha value is -5.94. The van der Waals surface area contributed by atoms with Crippen LogP contribution < -0.4 is 0 Å². The van der Waals surface area contributed by atoms with Gasteiger partial charge >= 0.3 is 48.2 Å². The molecular weight excluding hydrogens is 630 g/mol. The second-order valence-corrected chi connectivity index (χ2v) is 8.58. The number of hydrogen-bond donors (Lipinski definition) is 6. The van der Waals surface area contributed by atoms with Crippen LogP contribution in [0.25, 0.3) is 0 Å². The Kier molecular flexibility index (Phi) is 9.98. The molecule has 6 N–H and O–H groups in total. The molecule has 0 saturated heterocycles. The third-order valence-corrected chi connectivity index (χ3v) is 6.06. The van der Waals surface area contributed by atoms with Crippen LogP contribution in [0.2, 0.25) is 0 Å². The third kappa shape index (κ3) is 6.53. The van der Waals surface area contributed by atoms with E-state index in [1.54, 1.807) is 0 Å². The molecule has 0 fully saturated rings. The minimum atomic E-state index is -6.52. The number of benzene rings is 3. The van der Waals surface area contributed by atoms with Crippen molar-refractivity contribution in [3.05, 3.63) is 105 Å². The molecule has 0 aromatic heterocycles. The highest BCUT2D eigenvalue weighted by Crippen LogP contribution is 2.58. The number of carbonyl (C=O) groups is 6. The van der Waals surface area contributed by atoms with Crippen LogP contribution in [0.15, 0.2) is 60.7 Å².